The number of hydrogen-bond donors (Lipinski definition) is 1. The number of nitrogens with one attached hydrogen (secondary N) is 1. The summed E-state index contributed by atoms with van der Waals surface area (Å²) in [7, 11) is 1.73. The van der Waals surface area contributed by atoms with Crippen molar-refractivity contribution in [2.24, 2.45) is 0 Å². The van der Waals surface area contributed by atoms with E-state index in [0.29, 0.717) is 18.2 Å². The van der Waals surface area contributed by atoms with Crippen molar-refractivity contribution in [3.05, 3.63) is 41.7 Å². The van der Waals surface area contributed by atoms with Gasteiger partial charge >= 0.3 is 0 Å². The molecule has 0 radical (unpaired) electrons. The minimum Gasteiger partial charge on any atom is -0.492 e. The number of nitrogens with zero attached hydrogens (tertiary/aromatic N) is 4. The molecule has 0 fully saturated rings. The highest BCUT2D eigenvalue weighted by Gasteiger charge is 2.13. The summed E-state index contributed by atoms with van der Waals surface area (Å²) in [6.45, 7) is 4.80. The molecule has 0 saturated heterocycles. The molecule has 4 rings (SSSR count). The van der Waals surface area contributed by atoms with Gasteiger partial charge in [-0.2, -0.15) is 5.10 Å². The van der Waals surface area contributed by atoms with Gasteiger partial charge in [-0.3, -0.25) is 4.90 Å². The Balaban J connectivity index is 1.67. The van der Waals surface area contributed by atoms with Gasteiger partial charge in [0.05, 0.1) is 12.8 Å². The summed E-state index contributed by atoms with van der Waals surface area (Å²) in [4.78, 5) is 7.10. The molecule has 3 aromatic rings. The number of methoxy groups -OCH3 is 1. The molecule has 0 atom stereocenters. The van der Waals surface area contributed by atoms with Crippen LogP contribution >= 0.6 is 11.6 Å². The number of fused-ring (bicyclic) bond motifs is 4. The lowest BCUT2D eigenvalue weighted by atomic mass is 10.1. The lowest BCUT2D eigenvalue weighted by molar-refractivity contribution is 0.134. The second-order valence-corrected chi connectivity index (χ2v) is 7.21. The van der Waals surface area contributed by atoms with E-state index in [-0.39, 0.29) is 0 Å². The summed E-state index contributed by atoms with van der Waals surface area (Å²) in [5, 5.41) is 8.45. The maximum absolute atomic E-state index is 6.36. The van der Waals surface area contributed by atoms with Gasteiger partial charge in [0.25, 0.3) is 0 Å². The van der Waals surface area contributed by atoms with E-state index < -0.39 is 0 Å². The molecule has 0 unspecified atom stereocenters. The quantitative estimate of drug-likeness (QED) is 0.727. The number of benzene rings is 1. The highest BCUT2D eigenvalue weighted by molar-refractivity contribution is 6.31. The first-order valence-corrected chi connectivity index (χ1v) is 9.84. The van der Waals surface area contributed by atoms with Crippen molar-refractivity contribution in [2.45, 2.75) is 6.42 Å². The molecule has 1 N–H and O–H groups in total. The third kappa shape index (κ3) is 4.38. The Morgan fingerprint density at radius 2 is 2.21 bits per heavy atom. The van der Waals surface area contributed by atoms with Gasteiger partial charge in [-0.15, -0.1) is 0 Å². The van der Waals surface area contributed by atoms with E-state index in [1.165, 1.54) is 0 Å². The fraction of sp³-hybridized carbons (Fsp3) is 0.400. The molecule has 8 heteroatoms. The number of ether oxygens (including phenoxy) is 2. The van der Waals surface area contributed by atoms with E-state index in [2.05, 4.69) is 15.3 Å². The van der Waals surface area contributed by atoms with Gasteiger partial charge in [0.15, 0.2) is 5.65 Å². The van der Waals surface area contributed by atoms with Crippen molar-refractivity contribution < 1.29 is 9.47 Å². The van der Waals surface area contributed by atoms with Crippen LogP contribution in [0.15, 0.2) is 36.7 Å². The predicted octanol–water partition coefficient (Wildman–Crippen LogP) is 3.19. The summed E-state index contributed by atoms with van der Waals surface area (Å²) < 4.78 is 13.0. The Morgan fingerprint density at radius 1 is 1.29 bits per heavy atom. The van der Waals surface area contributed by atoms with E-state index in [0.717, 1.165) is 60.9 Å². The normalized spacial score (nSPS) is 15.6. The second-order valence-electron chi connectivity index (χ2n) is 6.78. The van der Waals surface area contributed by atoms with E-state index >= 15 is 0 Å². The number of hydrogen-bond acceptors (Lipinski definition) is 6. The summed E-state index contributed by atoms with van der Waals surface area (Å²) in [6.07, 6.45) is 4.73. The van der Waals surface area contributed by atoms with Gasteiger partial charge in [-0.1, -0.05) is 11.6 Å². The fourth-order valence-corrected chi connectivity index (χ4v) is 3.57. The first kappa shape index (κ1) is 19.0. The van der Waals surface area contributed by atoms with Crippen LogP contribution in [0.25, 0.3) is 16.8 Å². The van der Waals surface area contributed by atoms with Crippen molar-refractivity contribution in [1.82, 2.24) is 19.5 Å². The Kier molecular flexibility index (Phi) is 5.95. The maximum atomic E-state index is 6.36. The number of halogens is 1. The van der Waals surface area contributed by atoms with Gasteiger partial charge in [-0.25, -0.2) is 9.50 Å². The number of rotatable bonds is 3. The minimum absolute atomic E-state index is 0.590. The van der Waals surface area contributed by atoms with Crippen LogP contribution in [0.5, 0.6) is 5.75 Å². The molecule has 0 amide bonds. The summed E-state index contributed by atoms with van der Waals surface area (Å²) in [5.74, 6) is 1.59. The van der Waals surface area contributed by atoms with Crippen LogP contribution in [0.2, 0.25) is 5.02 Å². The third-order valence-corrected chi connectivity index (χ3v) is 5.01. The van der Waals surface area contributed by atoms with Crippen molar-refractivity contribution in [3.8, 4) is 16.9 Å². The van der Waals surface area contributed by atoms with E-state index in [4.69, 9.17) is 26.1 Å². The largest absolute Gasteiger partial charge is 0.492 e. The monoisotopic (exact) mass is 401 g/mol. The minimum atomic E-state index is 0.590. The molecule has 3 heterocycles. The second kappa shape index (κ2) is 8.77. The zero-order valence-electron chi connectivity index (χ0n) is 15.9. The topological polar surface area (TPSA) is 63.9 Å². The Labute approximate surface area is 169 Å². The first-order valence-electron chi connectivity index (χ1n) is 9.46. The van der Waals surface area contributed by atoms with Crippen LogP contribution in [-0.2, 0) is 4.74 Å². The predicted molar refractivity (Wildman–Crippen MR) is 110 cm³/mol. The molecule has 1 aliphatic heterocycles. The summed E-state index contributed by atoms with van der Waals surface area (Å²) in [5.41, 5.74) is 2.65. The third-order valence-electron chi connectivity index (χ3n) is 4.80. The van der Waals surface area contributed by atoms with Gasteiger partial charge in [0.2, 0.25) is 0 Å². The first-order chi connectivity index (χ1) is 13.7. The lowest BCUT2D eigenvalue weighted by Gasteiger charge is -2.22. The fourth-order valence-electron chi connectivity index (χ4n) is 3.34. The van der Waals surface area contributed by atoms with Crippen LogP contribution in [0, 0.1) is 0 Å². The highest BCUT2D eigenvalue weighted by Crippen LogP contribution is 2.31. The Morgan fingerprint density at radius 3 is 3.11 bits per heavy atom. The maximum Gasteiger partial charge on any atom is 0.165 e. The van der Waals surface area contributed by atoms with Crippen LogP contribution in [0.4, 0.5) is 5.82 Å². The van der Waals surface area contributed by atoms with Crippen molar-refractivity contribution in [1.29, 1.82) is 0 Å². The number of aromatic nitrogens is 3. The zero-order valence-corrected chi connectivity index (χ0v) is 16.7. The average molecular weight is 402 g/mol. The lowest BCUT2D eigenvalue weighted by Crippen LogP contribution is -2.33. The summed E-state index contributed by atoms with van der Waals surface area (Å²) >= 11 is 6.36. The van der Waals surface area contributed by atoms with Gasteiger partial charge in [-0.05, 0) is 36.2 Å². The molecule has 0 saturated carbocycles. The summed E-state index contributed by atoms with van der Waals surface area (Å²) in [6, 6.07) is 7.69. The van der Waals surface area contributed by atoms with Gasteiger partial charge in [0, 0.05) is 50.1 Å². The Hall–Kier alpha value is -2.35. The molecular formula is C20H24ClN5O2. The standard InChI is InChI=1S/C20H24ClN5O2/c1-27-9-7-25-5-2-4-22-19-3-6-26-20(24-19)18(14-23-26)15-11-16(21)13-17(12-15)28-10-8-25/h3,6,11-14H,2,4-5,7-10H2,1H3,(H,22,24). The zero-order chi connectivity index (χ0) is 19.3. The molecule has 0 aliphatic carbocycles. The van der Waals surface area contributed by atoms with Crippen molar-refractivity contribution in [2.75, 3.05) is 51.8 Å². The van der Waals surface area contributed by atoms with E-state index in [1.807, 2.05) is 36.7 Å². The van der Waals surface area contributed by atoms with Gasteiger partial charge < -0.3 is 14.8 Å². The highest BCUT2D eigenvalue weighted by atomic mass is 35.5. The van der Waals surface area contributed by atoms with Gasteiger partial charge in [0.1, 0.15) is 18.2 Å². The van der Waals surface area contributed by atoms with E-state index in [9.17, 15) is 0 Å². The molecule has 1 aromatic carbocycles. The number of anilines is 1. The molecule has 2 aromatic heterocycles. The molecule has 28 heavy (non-hydrogen) atoms. The average Bonchev–Trinajstić information content (AvgIpc) is 3.11. The van der Waals surface area contributed by atoms with Crippen molar-refractivity contribution in [3.63, 3.8) is 0 Å². The van der Waals surface area contributed by atoms with Crippen LogP contribution in [-0.4, -0.2) is 66.0 Å². The van der Waals surface area contributed by atoms with E-state index in [1.54, 1.807) is 11.6 Å². The molecule has 7 nitrogen and oxygen atoms in total. The molecular weight excluding hydrogens is 378 g/mol. The Bertz CT molecular complexity index is 945. The van der Waals surface area contributed by atoms with Crippen LogP contribution in [0.1, 0.15) is 6.42 Å². The smallest absolute Gasteiger partial charge is 0.165 e. The van der Waals surface area contributed by atoms with Crippen LogP contribution in [0.3, 0.4) is 0 Å². The SMILES string of the molecule is COCCN1CCCNc2ccn3ncc(c3n2)-c2cc(Cl)cc(c2)OCC1. The van der Waals surface area contributed by atoms with Crippen LogP contribution < -0.4 is 10.1 Å². The molecule has 148 valence electrons. The molecule has 4 bridgehead atoms. The molecule has 1 aliphatic rings. The van der Waals surface area contributed by atoms with Crippen molar-refractivity contribution >= 4 is 23.1 Å². The molecule has 0 spiro atoms.